The quantitative estimate of drug-likeness (QED) is 0.356. The molecule has 6 nitrogen and oxygen atoms in total. The van der Waals surface area contributed by atoms with Crippen LogP contribution < -0.4 is 0 Å². The molecule has 0 aromatic rings. The lowest BCUT2D eigenvalue weighted by Crippen LogP contribution is -2.41. The largest absolute Gasteiger partial charge is 0.501 e. The van der Waals surface area contributed by atoms with Gasteiger partial charge in [0, 0.05) is 13.7 Å². The van der Waals surface area contributed by atoms with Crippen LogP contribution >= 0.6 is 0 Å². The topological polar surface area (TPSA) is 66.4 Å². The highest BCUT2D eigenvalue weighted by molar-refractivity contribution is 4.80. The average Bonchev–Trinajstić information content (AvgIpc) is 2.47. The van der Waals surface area contributed by atoms with E-state index in [1.54, 1.807) is 7.11 Å². The molecule has 0 bridgehead atoms. The molecule has 0 radical (unpaired) electrons. The average molecular weight is 292 g/mol. The first-order chi connectivity index (χ1) is 9.74. The number of ether oxygens (including phenoxy) is 5. The molecule has 0 saturated heterocycles. The van der Waals surface area contributed by atoms with E-state index >= 15 is 0 Å². The highest BCUT2D eigenvalue weighted by atomic mass is 16.5. The molecule has 0 fully saturated rings. The summed E-state index contributed by atoms with van der Waals surface area (Å²) in [5.74, 6) is 0. The van der Waals surface area contributed by atoms with Crippen LogP contribution in [0.15, 0.2) is 12.8 Å². The van der Waals surface area contributed by atoms with Gasteiger partial charge in [-0.05, 0) is 6.92 Å². The number of aliphatic hydroxyl groups excluding tert-OH is 1. The van der Waals surface area contributed by atoms with E-state index in [0.29, 0.717) is 46.2 Å². The van der Waals surface area contributed by atoms with E-state index in [2.05, 4.69) is 6.58 Å². The Balaban J connectivity index is 4.46. The molecule has 0 aliphatic carbocycles. The van der Waals surface area contributed by atoms with E-state index in [1.807, 2.05) is 6.92 Å². The van der Waals surface area contributed by atoms with Crippen molar-refractivity contribution in [1.82, 2.24) is 0 Å². The molecule has 0 spiro atoms. The number of hydrogen-bond donors (Lipinski definition) is 1. The monoisotopic (exact) mass is 292 g/mol. The molecule has 0 aliphatic rings. The molecule has 120 valence electrons. The van der Waals surface area contributed by atoms with Gasteiger partial charge >= 0.3 is 0 Å². The van der Waals surface area contributed by atoms with Gasteiger partial charge in [0.15, 0.2) is 0 Å². The third-order valence-corrected chi connectivity index (χ3v) is 2.60. The molecule has 0 aromatic carbocycles. The SMILES string of the molecule is C=COCC(COCC)(COCCO)COCCOC. The van der Waals surface area contributed by atoms with Gasteiger partial charge in [-0.3, -0.25) is 0 Å². The lowest BCUT2D eigenvalue weighted by Gasteiger charge is -2.32. The zero-order valence-corrected chi connectivity index (χ0v) is 12.6. The fraction of sp³-hybridized carbons (Fsp3) is 0.857. The fourth-order valence-electron chi connectivity index (χ4n) is 1.59. The molecule has 20 heavy (non-hydrogen) atoms. The van der Waals surface area contributed by atoms with Crippen molar-refractivity contribution in [1.29, 1.82) is 0 Å². The van der Waals surface area contributed by atoms with Crippen molar-refractivity contribution in [3.05, 3.63) is 12.8 Å². The molecule has 1 unspecified atom stereocenters. The Morgan fingerprint density at radius 1 is 1.00 bits per heavy atom. The zero-order chi connectivity index (χ0) is 15.1. The molecular formula is C14H28O6. The lowest BCUT2D eigenvalue weighted by atomic mass is 9.92. The summed E-state index contributed by atoms with van der Waals surface area (Å²) in [4.78, 5) is 0. The van der Waals surface area contributed by atoms with Crippen molar-refractivity contribution in [2.75, 3.05) is 66.6 Å². The Labute approximate surface area is 121 Å². The van der Waals surface area contributed by atoms with E-state index in [9.17, 15) is 0 Å². The first-order valence-electron chi connectivity index (χ1n) is 6.80. The Morgan fingerprint density at radius 3 is 2.20 bits per heavy atom. The van der Waals surface area contributed by atoms with Crippen LogP contribution in [-0.4, -0.2) is 71.7 Å². The summed E-state index contributed by atoms with van der Waals surface area (Å²) in [7, 11) is 1.63. The summed E-state index contributed by atoms with van der Waals surface area (Å²) in [5.41, 5.74) is -0.424. The highest BCUT2D eigenvalue weighted by Gasteiger charge is 2.32. The van der Waals surface area contributed by atoms with Crippen LogP contribution in [0.5, 0.6) is 0 Å². The molecule has 0 aromatic heterocycles. The molecule has 1 N–H and O–H groups in total. The standard InChI is InChI=1S/C14H28O6/c1-4-17-10-14(11-18-5-2,12-19-7-6-15)13-20-9-8-16-3/h4,15H,1,5-13H2,2-3H3. The van der Waals surface area contributed by atoms with Crippen LogP contribution in [0.3, 0.4) is 0 Å². The molecule has 0 heterocycles. The summed E-state index contributed by atoms with van der Waals surface area (Å²) in [6.45, 7) is 9.02. The minimum Gasteiger partial charge on any atom is -0.501 e. The zero-order valence-electron chi connectivity index (χ0n) is 12.6. The van der Waals surface area contributed by atoms with Crippen molar-refractivity contribution >= 4 is 0 Å². The normalized spacial score (nSPS) is 13.9. The maximum atomic E-state index is 8.81. The summed E-state index contributed by atoms with van der Waals surface area (Å²) >= 11 is 0. The maximum absolute atomic E-state index is 8.81. The predicted octanol–water partition coefficient (Wildman–Crippen LogP) is 0.841. The number of methoxy groups -OCH3 is 1. The summed E-state index contributed by atoms with van der Waals surface area (Å²) in [5, 5.41) is 8.81. The van der Waals surface area contributed by atoms with Gasteiger partial charge in [-0.25, -0.2) is 0 Å². The molecule has 0 rings (SSSR count). The van der Waals surface area contributed by atoms with Gasteiger partial charge in [-0.2, -0.15) is 0 Å². The third kappa shape index (κ3) is 9.28. The van der Waals surface area contributed by atoms with Crippen molar-refractivity contribution < 1.29 is 28.8 Å². The molecule has 1 atom stereocenters. The Kier molecular flexibility index (Phi) is 12.9. The summed E-state index contributed by atoms with van der Waals surface area (Å²) in [6, 6.07) is 0. The number of aliphatic hydroxyl groups is 1. The Morgan fingerprint density at radius 2 is 1.65 bits per heavy atom. The summed E-state index contributed by atoms with van der Waals surface area (Å²) < 4.78 is 26.8. The lowest BCUT2D eigenvalue weighted by molar-refractivity contribution is -0.0996. The Bertz CT molecular complexity index is 224. The first-order valence-corrected chi connectivity index (χ1v) is 6.80. The molecule has 0 aliphatic heterocycles. The predicted molar refractivity (Wildman–Crippen MR) is 75.7 cm³/mol. The van der Waals surface area contributed by atoms with Gasteiger partial charge in [0.05, 0.1) is 64.5 Å². The second kappa shape index (κ2) is 13.3. The van der Waals surface area contributed by atoms with Crippen molar-refractivity contribution in [3.8, 4) is 0 Å². The minimum absolute atomic E-state index is 0.0163. The van der Waals surface area contributed by atoms with Crippen LogP contribution in [0, 0.1) is 5.41 Å². The number of rotatable bonds is 15. The van der Waals surface area contributed by atoms with E-state index in [-0.39, 0.29) is 13.2 Å². The molecular weight excluding hydrogens is 264 g/mol. The molecule has 0 amide bonds. The van der Waals surface area contributed by atoms with Crippen LogP contribution in [0.1, 0.15) is 6.92 Å². The van der Waals surface area contributed by atoms with Gasteiger partial charge in [-0.1, -0.05) is 6.58 Å². The van der Waals surface area contributed by atoms with Gasteiger partial charge in [0.2, 0.25) is 0 Å². The third-order valence-electron chi connectivity index (χ3n) is 2.60. The van der Waals surface area contributed by atoms with Gasteiger partial charge in [0.1, 0.15) is 0 Å². The van der Waals surface area contributed by atoms with E-state index in [4.69, 9.17) is 28.8 Å². The smallest absolute Gasteiger partial charge is 0.0995 e. The molecule has 6 heteroatoms. The van der Waals surface area contributed by atoms with E-state index in [0.717, 1.165) is 0 Å². The maximum Gasteiger partial charge on any atom is 0.0995 e. The summed E-state index contributed by atoms with van der Waals surface area (Å²) in [6.07, 6.45) is 1.39. The van der Waals surface area contributed by atoms with Gasteiger partial charge < -0.3 is 28.8 Å². The van der Waals surface area contributed by atoms with Crippen molar-refractivity contribution in [2.45, 2.75) is 6.92 Å². The van der Waals surface area contributed by atoms with Gasteiger partial charge in [-0.15, -0.1) is 0 Å². The van der Waals surface area contributed by atoms with Crippen LogP contribution in [0.4, 0.5) is 0 Å². The highest BCUT2D eigenvalue weighted by Crippen LogP contribution is 2.20. The number of hydrogen-bond acceptors (Lipinski definition) is 6. The van der Waals surface area contributed by atoms with Crippen LogP contribution in [0.2, 0.25) is 0 Å². The van der Waals surface area contributed by atoms with Crippen LogP contribution in [-0.2, 0) is 23.7 Å². The van der Waals surface area contributed by atoms with Gasteiger partial charge in [0.25, 0.3) is 0 Å². The van der Waals surface area contributed by atoms with E-state index in [1.165, 1.54) is 6.26 Å². The fourth-order valence-corrected chi connectivity index (χ4v) is 1.59. The Hall–Kier alpha value is -0.660. The van der Waals surface area contributed by atoms with Crippen molar-refractivity contribution in [2.24, 2.45) is 5.41 Å². The van der Waals surface area contributed by atoms with E-state index < -0.39 is 5.41 Å². The molecule has 0 saturated carbocycles. The van der Waals surface area contributed by atoms with Crippen molar-refractivity contribution in [3.63, 3.8) is 0 Å². The second-order valence-corrected chi connectivity index (χ2v) is 4.44. The minimum atomic E-state index is -0.424. The second-order valence-electron chi connectivity index (χ2n) is 4.44. The van der Waals surface area contributed by atoms with Crippen LogP contribution in [0.25, 0.3) is 0 Å². The first kappa shape index (κ1) is 19.3.